The SMILES string of the molecule is Cc1csc(SCc2ccccc2C(=O)N2CCCC2c2ccc3c(c2)OCCO3)n1. The Morgan fingerprint density at radius 3 is 2.87 bits per heavy atom. The Morgan fingerprint density at radius 1 is 1.19 bits per heavy atom. The van der Waals surface area contributed by atoms with E-state index in [-0.39, 0.29) is 11.9 Å². The van der Waals surface area contributed by atoms with E-state index in [4.69, 9.17) is 9.47 Å². The van der Waals surface area contributed by atoms with E-state index in [0.29, 0.717) is 13.2 Å². The number of aromatic nitrogens is 1. The Balaban J connectivity index is 1.37. The molecule has 3 aromatic rings. The number of carbonyl (C=O) groups excluding carboxylic acids is 1. The smallest absolute Gasteiger partial charge is 0.254 e. The minimum Gasteiger partial charge on any atom is -0.486 e. The first-order chi connectivity index (χ1) is 15.2. The van der Waals surface area contributed by atoms with Crippen LogP contribution in [0.25, 0.3) is 0 Å². The van der Waals surface area contributed by atoms with Gasteiger partial charge in [-0.2, -0.15) is 0 Å². The molecule has 160 valence electrons. The third-order valence-corrected chi connectivity index (χ3v) is 7.85. The number of hydrogen-bond acceptors (Lipinski definition) is 6. The van der Waals surface area contributed by atoms with Gasteiger partial charge in [0.25, 0.3) is 5.91 Å². The normalized spacial score (nSPS) is 17.7. The Morgan fingerprint density at radius 2 is 2.03 bits per heavy atom. The van der Waals surface area contributed by atoms with E-state index in [2.05, 4.69) is 22.5 Å². The predicted octanol–water partition coefficient (Wildman–Crippen LogP) is 5.49. The molecule has 1 amide bonds. The van der Waals surface area contributed by atoms with Gasteiger partial charge in [-0.3, -0.25) is 4.79 Å². The molecule has 0 saturated carbocycles. The lowest BCUT2D eigenvalue weighted by molar-refractivity contribution is 0.0734. The number of thiazole rings is 1. The van der Waals surface area contributed by atoms with Crippen LogP contribution >= 0.6 is 23.1 Å². The van der Waals surface area contributed by atoms with Crippen molar-refractivity contribution in [2.45, 2.75) is 35.9 Å². The lowest BCUT2D eigenvalue weighted by Gasteiger charge is -2.27. The summed E-state index contributed by atoms with van der Waals surface area (Å²) in [6, 6.07) is 14.1. The number of nitrogens with zero attached hydrogens (tertiary/aromatic N) is 2. The average Bonchev–Trinajstić information content (AvgIpc) is 3.46. The van der Waals surface area contributed by atoms with Crippen LogP contribution < -0.4 is 9.47 Å². The fourth-order valence-corrected chi connectivity index (χ4v) is 6.02. The number of fused-ring (bicyclic) bond motifs is 1. The maximum Gasteiger partial charge on any atom is 0.254 e. The van der Waals surface area contributed by atoms with E-state index in [1.54, 1.807) is 23.1 Å². The van der Waals surface area contributed by atoms with Gasteiger partial charge in [-0.15, -0.1) is 11.3 Å². The van der Waals surface area contributed by atoms with Gasteiger partial charge in [-0.1, -0.05) is 36.0 Å². The summed E-state index contributed by atoms with van der Waals surface area (Å²) in [4.78, 5) is 20.1. The van der Waals surface area contributed by atoms with Crippen molar-refractivity contribution < 1.29 is 14.3 Å². The zero-order chi connectivity index (χ0) is 21.2. The molecular weight excluding hydrogens is 428 g/mol. The van der Waals surface area contributed by atoms with Gasteiger partial charge in [0.05, 0.1) is 6.04 Å². The van der Waals surface area contributed by atoms with Crippen LogP contribution in [0.3, 0.4) is 0 Å². The van der Waals surface area contributed by atoms with Gasteiger partial charge in [0, 0.05) is 28.9 Å². The molecule has 31 heavy (non-hydrogen) atoms. The van der Waals surface area contributed by atoms with Gasteiger partial charge < -0.3 is 14.4 Å². The van der Waals surface area contributed by atoms with Crippen LogP contribution in [0.5, 0.6) is 11.5 Å². The second-order valence-corrected chi connectivity index (χ2v) is 9.84. The van der Waals surface area contributed by atoms with Crippen molar-refractivity contribution >= 4 is 29.0 Å². The van der Waals surface area contributed by atoms with Gasteiger partial charge in [-0.25, -0.2) is 4.98 Å². The van der Waals surface area contributed by atoms with Crippen molar-refractivity contribution in [1.29, 1.82) is 0 Å². The molecule has 2 aromatic carbocycles. The number of ether oxygens (including phenoxy) is 2. The lowest BCUT2D eigenvalue weighted by atomic mass is 10.0. The average molecular weight is 453 g/mol. The van der Waals surface area contributed by atoms with Gasteiger partial charge in [0.2, 0.25) is 0 Å². The minimum atomic E-state index is 0.0608. The number of amides is 1. The number of likely N-dealkylation sites (tertiary alicyclic amines) is 1. The van der Waals surface area contributed by atoms with Crippen LogP contribution in [0.15, 0.2) is 52.2 Å². The summed E-state index contributed by atoms with van der Waals surface area (Å²) < 4.78 is 12.5. The first-order valence-electron chi connectivity index (χ1n) is 10.5. The fourth-order valence-electron chi connectivity index (χ4n) is 4.17. The Labute approximate surface area is 190 Å². The van der Waals surface area contributed by atoms with E-state index in [9.17, 15) is 4.79 Å². The summed E-state index contributed by atoms with van der Waals surface area (Å²) in [5.74, 6) is 2.39. The summed E-state index contributed by atoms with van der Waals surface area (Å²) in [6.07, 6.45) is 1.96. The maximum atomic E-state index is 13.6. The van der Waals surface area contributed by atoms with Crippen LogP contribution in [0.1, 0.15) is 46.1 Å². The molecule has 0 bridgehead atoms. The standard InChI is InChI=1S/C24H24N2O3S2/c1-16-14-30-24(25-16)31-15-18-5-2-3-6-19(18)23(27)26-10-4-7-20(26)17-8-9-21-22(13-17)29-12-11-28-21/h2-3,5-6,8-9,13-14,20H,4,7,10-12,15H2,1H3. The van der Waals surface area contributed by atoms with Crippen LogP contribution in [0, 0.1) is 6.92 Å². The number of carbonyl (C=O) groups is 1. The first-order valence-corrected chi connectivity index (χ1v) is 12.4. The van der Waals surface area contributed by atoms with Gasteiger partial charge in [0.1, 0.15) is 17.6 Å². The molecule has 1 saturated heterocycles. The summed E-state index contributed by atoms with van der Waals surface area (Å²) in [5.41, 5.74) is 3.99. The second kappa shape index (κ2) is 8.93. The molecular formula is C24H24N2O3S2. The summed E-state index contributed by atoms with van der Waals surface area (Å²) in [6.45, 7) is 3.91. The number of rotatable bonds is 5. The minimum absolute atomic E-state index is 0.0608. The molecule has 0 radical (unpaired) electrons. The molecule has 1 atom stereocenters. The number of thioether (sulfide) groups is 1. The molecule has 0 aliphatic carbocycles. The van der Waals surface area contributed by atoms with Crippen molar-refractivity contribution in [3.63, 3.8) is 0 Å². The second-order valence-electron chi connectivity index (χ2n) is 7.76. The summed E-state index contributed by atoms with van der Waals surface area (Å²) >= 11 is 3.34. The van der Waals surface area contributed by atoms with E-state index in [1.165, 1.54) is 0 Å². The zero-order valence-corrected chi connectivity index (χ0v) is 19.0. The molecule has 1 aromatic heterocycles. The number of benzene rings is 2. The maximum absolute atomic E-state index is 13.6. The van der Waals surface area contributed by atoms with Crippen molar-refractivity contribution in [3.8, 4) is 11.5 Å². The summed E-state index contributed by atoms with van der Waals surface area (Å²) in [5, 5.41) is 2.06. The molecule has 1 fully saturated rings. The number of hydrogen-bond donors (Lipinski definition) is 0. The van der Waals surface area contributed by atoms with Crippen molar-refractivity contribution in [1.82, 2.24) is 9.88 Å². The molecule has 1 unspecified atom stereocenters. The molecule has 0 spiro atoms. The Kier molecular flexibility index (Phi) is 5.87. The van der Waals surface area contributed by atoms with Crippen LogP contribution in [0.4, 0.5) is 0 Å². The highest BCUT2D eigenvalue weighted by atomic mass is 32.2. The quantitative estimate of drug-likeness (QED) is 0.479. The number of aryl methyl sites for hydroxylation is 1. The van der Waals surface area contributed by atoms with Crippen LogP contribution in [-0.2, 0) is 5.75 Å². The van der Waals surface area contributed by atoms with Crippen molar-refractivity contribution in [3.05, 3.63) is 70.2 Å². The monoisotopic (exact) mass is 452 g/mol. The highest BCUT2D eigenvalue weighted by Gasteiger charge is 2.32. The zero-order valence-electron chi connectivity index (χ0n) is 17.4. The Hall–Kier alpha value is -2.51. The predicted molar refractivity (Wildman–Crippen MR) is 123 cm³/mol. The Bertz CT molecular complexity index is 1100. The molecule has 0 N–H and O–H groups in total. The van der Waals surface area contributed by atoms with E-state index < -0.39 is 0 Å². The van der Waals surface area contributed by atoms with E-state index >= 15 is 0 Å². The van der Waals surface area contributed by atoms with Gasteiger partial charge >= 0.3 is 0 Å². The molecule has 3 heterocycles. The lowest BCUT2D eigenvalue weighted by Crippen LogP contribution is -2.31. The third kappa shape index (κ3) is 4.29. The molecule has 2 aliphatic rings. The highest BCUT2D eigenvalue weighted by Crippen LogP contribution is 2.39. The van der Waals surface area contributed by atoms with Crippen molar-refractivity contribution in [2.24, 2.45) is 0 Å². The van der Waals surface area contributed by atoms with Crippen LogP contribution in [0.2, 0.25) is 0 Å². The summed E-state index contributed by atoms with van der Waals surface area (Å²) in [7, 11) is 0. The third-order valence-electron chi connectivity index (χ3n) is 5.66. The molecule has 7 heteroatoms. The first kappa shape index (κ1) is 20.4. The van der Waals surface area contributed by atoms with Gasteiger partial charge in [-0.05, 0) is 49.1 Å². The van der Waals surface area contributed by atoms with Gasteiger partial charge in [0.15, 0.2) is 11.5 Å². The molecule has 5 rings (SSSR count). The largest absolute Gasteiger partial charge is 0.486 e. The van der Waals surface area contributed by atoms with E-state index in [0.717, 1.165) is 63.4 Å². The fraction of sp³-hybridized carbons (Fsp3) is 0.333. The topological polar surface area (TPSA) is 51.7 Å². The van der Waals surface area contributed by atoms with Crippen LogP contribution in [-0.4, -0.2) is 35.5 Å². The van der Waals surface area contributed by atoms with E-state index in [1.807, 2.05) is 42.2 Å². The highest BCUT2D eigenvalue weighted by molar-refractivity contribution is 8.00. The van der Waals surface area contributed by atoms with Crippen molar-refractivity contribution in [2.75, 3.05) is 19.8 Å². The molecule has 2 aliphatic heterocycles. The molecule has 5 nitrogen and oxygen atoms in total.